The van der Waals surface area contributed by atoms with E-state index < -0.39 is 11.5 Å². The Hall–Kier alpha value is -1.66. The van der Waals surface area contributed by atoms with Crippen LogP contribution in [0.2, 0.25) is 0 Å². The van der Waals surface area contributed by atoms with Crippen LogP contribution in [0.4, 0.5) is 0 Å². The van der Waals surface area contributed by atoms with Crippen molar-refractivity contribution >= 4 is 17.3 Å². The average Bonchev–Trinajstić information content (AvgIpc) is 2.85. The van der Waals surface area contributed by atoms with Crippen LogP contribution >= 0.6 is 11.3 Å². The van der Waals surface area contributed by atoms with Gasteiger partial charge in [0.2, 0.25) is 0 Å². The molecule has 5 nitrogen and oxygen atoms in total. The number of rotatable bonds is 4. The van der Waals surface area contributed by atoms with E-state index in [2.05, 4.69) is 4.98 Å². The Balaban J connectivity index is 2.30. The number of thiophene rings is 1. The molecule has 6 heteroatoms. The van der Waals surface area contributed by atoms with E-state index in [0.717, 1.165) is 10.7 Å². The fourth-order valence-electron chi connectivity index (χ4n) is 1.49. The molecule has 0 aromatic carbocycles. The quantitative estimate of drug-likeness (QED) is 0.861. The van der Waals surface area contributed by atoms with Crippen molar-refractivity contribution in [3.05, 3.63) is 29.9 Å². The molecule has 2 heterocycles. The third-order valence-electron chi connectivity index (χ3n) is 2.44. The molecule has 0 aliphatic heterocycles. The van der Waals surface area contributed by atoms with Gasteiger partial charge in [0.25, 0.3) is 0 Å². The van der Waals surface area contributed by atoms with Crippen molar-refractivity contribution in [3.63, 3.8) is 0 Å². The SMILES string of the molecule is CC(N)(Cn1ccnc1-c1cccs1)C(=O)O. The summed E-state index contributed by atoms with van der Waals surface area (Å²) in [6.07, 6.45) is 3.39. The highest BCUT2D eigenvalue weighted by Crippen LogP contribution is 2.23. The van der Waals surface area contributed by atoms with E-state index in [1.54, 1.807) is 28.3 Å². The van der Waals surface area contributed by atoms with E-state index >= 15 is 0 Å². The number of hydrogen-bond acceptors (Lipinski definition) is 4. The van der Waals surface area contributed by atoms with Gasteiger partial charge in [0.1, 0.15) is 11.4 Å². The molecule has 17 heavy (non-hydrogen) atoms. The van der Waals surface area contributed by atoms with Gasteiger partial charge >= 0.3 is 5.97 Å². The maximum atomic E-state index is 11.0. The first-order valence-corrected chi connectivity index (χ1v) is 5.96. The summed E-state index contributed by atoms with van der Waals surface area (Å²) in [5.41, 5.74) is 4.43. The summed E-state index contributed by atoms with van der Waals surface area (Å²) in [7, 11) is 0. The molecular weight excluding hydrogens is 238 g/mol. The Morgan fingerprint density at radius 3 is 3.06 bits per heavy atom. The Labute approximate surface area is 103 Å². The van der Waals surface area contributed by atoms with Crippen LogP contribution in [0.15, 0.2) is 29.9 Å². The van der Waals surface area contributed by atoms with Crippen molar-refractivity contribution in [1.29, 1.82) is 0 Å². The van der Waals surface area contributed by atoms with Gasteiger partial charge in [-0.15, -0.1) is 11.3 Å². The number of aromatic nitrogens is 2. The Kier molecular flexibility index (Phi) is 2.99. The van der Waals surface area contributed by atoms with E-state index in [0.29, 0.717) is 0 Å². The summed E-state index contributed by atoms with van der Waals surface area (Å²) < 4.78 is 1.76. The number of imidazole rings is 1. The predicted molar refractivity (Wildman–Crippen MR) is 65.8 cm³/mol. The number of carbonyl (C=O) groups is 1. The first kappa shape index (κ1) is 11.8. The minimum Gasteiger partial charge on any atom is -0.480 e. The van der Waals surface area contributed by atoms with Crippen molar-refractivity contribution < 1.29 is 9.90 Å². The topological polar surface area (TPSA) is 81.1 Å². The van der Waals surface area contributed by atoms with Gasteiger partial charge in [-0.2, -0.15) is 0 Å². The molecule has 0 saturated heterocycles. The van der Waals surface area contributed by atoms with Crippen LogP contribution in [-0.2, 0) is 11.3 Å². The number of carboxylic acid groups (broad SMARTS) is 1. The molecule has 0 saturated carbocycles. The number of aliphatic carboxylic acids is 1. The number of hydrogen-bond donors (Lipinski definition) is 2. The van der Waals surface area contributed by atoms with E-state index in [1.165, 1.54) is 6.92 Å². The summed E-state index contributed by atoms with van der Waals surface area (Å²) in [5.74, 6) is -0.277. The van der Waals surface area contributed by atoms with Gasteiger partial charge in [0.15, 0.2) is 0 Å². The van der Waals surface area contributed by atoms with Gasteiger partial charge in [0, 0.05) is 12.4 Å². The molecule has 1 atom stereocenters. The normalized spacial score (nSPS) is 14.5. The second-order valence-electron chi connectivity index (χ2n) is 4.08. The van der Waals surface area contributed by atoms with Crippen molar-refractivity contribution in [2.24, 2.45) is 5.73 Å². The lowest BCUT2D eigenvalue weighted by Crippen LogP contribution is -2.48. The lowest BCUT2D eigenvalue weighted by atomic mass is 10.1. The zero-order valence-electron chi connectivity index (χ0n) is 9.33. The van der Waals surface area contributed by atoms with Crippen molar-refractivity contribution in [2.45, 2.75) is 19.0 Å². The highest BCUT2D eigenvalue weighted by molar-refractivity contribution is 7.13. The maximum Gasteiger partial charge on any atom is 0.325 e. The highest BCUT2D eigenvalue weighted by atomic mass is 32.1. The summed E-state index contributed by atoms with van der Waals surface area (Å²) in [6.45, 7) is 1.68. The zero-order chi connectivity index (χ0) is 12.5. The molecule has 90 valence electrons. The van der Waals surface area contributed by atoms with Gasteiger partial charge in [-0.25, -0.2) is 4.98 Å². The Morgan fingerprint density at radius 2 is 2.47 bits per heavy atom. The molecule has 0 fully saturated rings. The van der Waals surface area contributed by atoms with Crippen molar-refractivity contribution in [2.75, 3.05) is 0 Å². The van der Waals surface area contributed by atoms with Gasteiger partial charge < -0.3 is 15.4 Å². The molecule has 0 bridgehead atoms. The van der Waals surface area contributed by atoms with Crippen LogP contribution in [0.5, 0.6) is 0 Å². The summed E-state index contributed by atoms with van der Waals surface area (Å²) in [5, 5.41) is 11.0. The molecule has 2 aromatic rings. The number of nitrogens with two attached hydrogens (primary N) is 1. The van der Waals surface area contributed by atoms with Crippen LogP contribution < -0.4 is 5.73 Å². The van der Waals surface area contributed by atoms with Crippen molar-refractivity contribution in [3.8, 4) is 10.7 Å². The highest BCUT2D eigenvalue weighted by Gasteiger charge is 2.29. The minimum atomic E-state index is -1.30. The van der Waals surface area contributed by atoms with Gasteiger partial charge in [-0.3, -0.25) is 4.79 Å². The Bertz CT molecular complexity index is 517. The van der Waals surface area contributed by atoms with Crippen molar-refractivity contribution in [1.82, 2.24) is 9.55 Å². The monoisotopic (exact) mass is 251 g/mol. The number of carboxylic acids is 1. The third kappa shape index (κ3) is 2.37. The van der Waals surface area contributed by atoms with Crippen LogP contribution in [-0.4, -0.2) is 26.2 Å². The summed E-state index contributed by atoms with van der Waals surface area (Å²) >= 11 is 1.56. The van der Waals surface area contributed by atoms with E-state index in [1.807, 2.05) is 17.5 Å². The molecule has 2 aromatic heterocycles. The number of nitrogens with zero attached hydrogens (tertiary/aromatic N) is 2. The smallest absolute Gasteiger partial charge is 0.325 e. The van der Waals surface area contributed by atoms with Crippen LogP contribution in [0.3, 0.4) is 0 Å². The molecular formula is C11H13N3O2S. The zero-order valence-corrected chi connectivity index (χ0v) is 10.1. The minimum absolute atomic E-state index is 0.190. The van der Waals surface area contributed by atoms with Gasteiger partial charge in [-0.05, 0) is 18.4 Å². The first-order chi connectivity index (χ1) is 8.00. The first-order valence-electron chi connectivity index (χ1n) is 5.08. The maximum absolute atomic E-state index is 11.0. The van der Waals surface area contributed by atoms with Gasteiger partial charge in [-0.1, -0.05) is 6.07 Å². The largest absolute Gasteiger partial charge is 0.480 e. The molecule has 0 radical (unpaired) electrons. The van der Waals surface area contributed by atoms with Crippen LogP contribution in [0, 0.1) is 0 Å². The van der Waals surface area contributed by atoms with Crippen LogP contribution in [0.25, 0.3) is 10.7 Å². The molecule has 0 aliphatic rings. The van der Waals surface area contributed by atoms with E-state index in [4.69, 9.17) is 10.8 Å². The lowest BCUT2D eigenvalue weighted by molar-refractivity contribution is -0.143. The van der Waals surface area contributed by atoms with E-state index in [-0.39, 0.29) is 6.54 Å². The predicted octanol–water partition coefficient (Wildman–Crippen LogP) is 1.41. The standard InChI is InChI=1S/C11H13N3O2S/c1-11(12,10(15)16)7-14-5-4-13-9(14)8-3-2-6-17-8/h2-6H,7,12H2,1H3,(H,15,16). The lowest BCUT2D eigenvalue weighted by Gasteiger charge is -2.20. The molecule has 3 N–H and O–H groups in total. The molecule has 2 rings (SSSR count). The second kappa shape index (κ2) is 4.31. The molecule has 0 spiro atoms. The molecule has 0 amide bonds. The fourth-order valence-corrected chi connectivity index (χ4v) is 2.23. The molecule has 1 unspecified atom stereocenters. The second-order valence-corrected chi connectivity index (χ2v) is 5.03. The van der Waals surface area contributed by atoms with E-state index in [9.17, 15) is 4.79 Å². The van der Waals surface area contributed by atoms with Crippen LogP contribution in [0.1, 0.15) is 6.92 Å². The average molecular weight is 251 g/mol. The summed E-state index contributed by atoms with van der Waals surface area (Å²) in [6, 6.07) is 3.87. The third-order valence-corrected chi connectivity index (χ3v) is 3.31. The van der Waals surface area contributed by atoms with Gasteiger partial charge in [0.05, 0.1) is 11.4 Å². The summed E-state index contributed by atoms with van der Waals surface area (Å²) in [4.78, 5) is 16.2. The Morgan fingerprint density at radius 1 is 1.71 bits per heavy atom. The fraction of sp³-hybridized carbons (Fsp3) is 0.273. The molecule has 0 aliphatic carbocycles.